The summed E-state index contributed by atoms with van der Waals surface area (Å²) in [6.45, 7) is 6.68. The van der Waals surface area contributed by atoms with Crippen molar-refractivity contribution < 1.29 is 27.6 Å². The number of nitro groups is 1. The van der Waals surface area contributed by atoms with E-state index in [0.29, 0.717) is 5.56 Å². The molecule has 4 aromatic rings. The molecule has 0 atom stereocenters. The molecule has 0 aliphatic rings. The summed E-state index contributed by atoms with van der Waals surface area (Å²) in [6.07, 6.45) is 1.79. The molecular formula is C25H24N2O6S2. The van der Waals surface area contributed by atoms with Crippen molar-refractivity contribution in [2.24, 2.45) is 0 Å². The Kier molecular flexibility index (Phi) is 8.00. The number of nitro benzene ring substituents is 1. The van der Waals surface area contributed by atoms with Crippen LogP contribution in [0.5, 0.6) is 5.75 Å². The van der Waals surface area contributed by atoms with Crippen LogP contribution in [0.4, 0.5) is 5.69 Å². The van der Waals surface area contributed by atoms with E-state index in [1.54, 1.807) is 29.5 Å². The molecule has 0 amide bonds. The van der Waals surface area contributed by atoms with E-state index in [0.717, 1.165) is 28.2 Å². The number of aromatic hydroxyl groups is 1. The van der Waals surface area contributed by atoms with Crippen LogP contribution in [-0.2, 0) is 16.7 Å². The summed E-state index contributed by atoms with van der Waals surface area (Å²) in [6, 6.07) is 18.0. The van der Waals surface area contributed by atoms with E-state index >= 15 is 0 Å². The molecule has 1 aromatic heterocycles. The minimum atomic E-state index is -4.27. The molecule has 35 heavy (non-hydrogen) atoms. The van der Waals surface area contributed by atoms with Gasteiger partial charge in [0.1, 0.15) is 27.1 Å². The summed E-state index contributed by atoms with van der Waals surface area (Å²) in [5.74, 6) is 0.0316. The molecule has 0 spiro atoms. The highest BCUT2D eigenvalue weighted by atomic mass is 32.2. The minimum absolute atomic E-state index is 0.0316. The Labute approximate surface area is 207 Å². The number of rotatable bonds is 5. The smallest absolute Gasteiger partial charge is 0.270 e. The summed E-state index contributed by atoms with van der Waals surface area (Å²) in [4.78, 5) is 10.3. The Morgan fingerprint density at radius 3 is 2.37 bits per heavy atom. The number of thiazole rings is 1. The van der Waals surface area contributed by atoms with Gasteiger partial charge in [-0.05, 0) is 51.1 Å². The van der Waals surface area contributed by atoms with Gasteiger partial charge in [0.15, 0.2) is 0 Å². The first-order valence-electron chi connectivity index (χ1n) is 10.6. The number of phenols is 1. The monoisotopic (exact) mass is 512 g/mol. The van der Waals surface area contributed by atoms with Crippen molar-refractivity contribution in [3.05, 3.63) is 93.0 Å². The van der Waals surface area contributed by atoms with Gasteiger partial charge in [0.2, 0.25) is 5.52 Å². The number of nitrogens with zero attached hydrogens (tertiary/aromatic N) is 2. The average Bonchev–Trinajstić information content (AvgIpc) is 3.19. The lowest BCUT2D eigenvalue weighted by molar-refractivity contribution is -0.665. The van der Waals surface area contributed by atoms with Gasteiger partial charge < -0.3 is 9.66 Å². The Balaban J connectivity index is 0.000000261. The second kappa shape index (κ2) is 10.8. The number of aromatic nitrogens is 1. The molecule has 182 valence electrons. The molecule has 1 heterocycles. The molecule has 0 bridgehead atoms. The molecule has 0 aliphatic carbocycles. The van der Waals surface area contributed by atoms with Crippen LogP contribution < -0.4 is 4.57 Å². The number of phenolic OH excluding ortho intramolecular Hbond substituents is 1. The van der Waals surface area contributed by atoms with Gasteiger partial charge in [0, 0.05) is 29.3 Å². The number of fused-ring (bicyclic) bond motifs is 1. The third-order valence-electron chi connectivity index (χ3n) is 5.17. The summed E-state index contributed by atoms with van der Waals surface area (Å²) < 4.78 is 34.6. The zero-order valence-electron chi connectivity index (χ0n) is 19.3. The molecule has 1 N–H and O–H groups in total. The van der Waals surface area contributed by atoms with E-state index in [2.05, 4.69) is 23.6 Å². The van der Waals surface area contributed by atoms with Gasteiger partial charge in [-0.15, -0.1) is 0 Å². The number of non-ortho nitro benzene ring substituents is 1. The first-order valence-corrected chi connectivity index (χ1v) is 12.8. The molecule has 0 aliphatic heterocycles. The van der Waals surface area contributed by atoms with Crippen LogP contribution in [0.25, 0.3) is 21.9 Å². The highest BCUT2D eigenvalue weighted by molar-refractivity contribution is 7.85. The average molecular weight is 513 g/mol. The predicted molar refractivity (Wildman–Crippen MR) is 135 cm³/mol. The van der Waals surface area contributed by atoms with Crippen LogP contribution in [0, 0.1) is 17.0 Å². The van der Waals surface area contributed by atoms with E-state index in [9.17, 15) is 28.2 Å². The van der Waals surface area contributed by atoms with Crippen molar-refractivity contribution >= 4 is 49.0 Å². The van der Waals surface area contributed by atoms with Crippen molar-refractivity contribution in [3.8, 4) is 5.75 Å². The van der Waals surface area contributed by atoms with Gasteiger partial charge >= 0.3 is 0 Å². The van der Waals surface area contributed by atoms with Gasteiger partial charge in [-0.25, -0.2) is 8.42 Å². The van der Waals surface area contributed by atoms with Gasteiger partial charge in [-0.3, -0.25) is 10.1 Å². The molecule has 4 rings (SSSR count). The van der Waals surface area contributed by atoms with Gasteiger partial charge in [0.05, 0.1) is 9.82 Å². The summed E-state index contributed by atoms with van der Waals surface area (Å²) in [5.41, 5.74) is 3.45. The highest BCUT2D eigenvalue weighted by Crippen LogP contribution is 2.30. The Bertz CT molecular complexity index is 1510. The molecule has 0 saturated carbocycles. The van der Waals surface area contributed by atoms with E-state index in [1.807, 2.05) is 26.0 Å². The van der Waals surface area contributed by atoms with E-state index in [4.69, 9.17) is 0 Å². The van der Waals surface area contributed by atoms with Crippen LogP contribution in [-0.4, -0.2) is 23.0 Å². The topological polar surface area (TPSA) is 124 Å². The lowest BCUT2D eigenvalue weighted by atomic mass is 10.1. The molecule has 3 aromatic carbocycles. The molecule has 8 nitrogen and oxygen atoms in total. The largest absolute Gasteiger partial charge is 0.744 e. The van der Waals surface area contributed by atoms with Crippen molar-refractivity contribution in [2.75, 3.05) is 0 Å². The van der Waals surface area contributed by atoms with Crippen LogP contribution in [0.1, 0.15) is 30.0 Å². The van der Waals surface area contributed by atoms with Crippen LogP contribution in [0.2, 0.25) is 0 Å². The first kappa shape index (κ1) is 26.0. The number of allylic oxidation sites excluding steroid dienone is 1. The van der Waals surface area contributed by atoms with Gasteiger partial charge in [-0.2, -0.15) is 4.57 Å². The lowest BCUT2D eigenvalue weighted by Crippen LogP contribution is -2.34. The third-order valence-corrected chi connectivity index (χ3v) is 7.32. The molecule has 0 unspecified atom stereocenters. The van der Waals surface area contributed by atoms with E-state index in [1.165, 1.54) is 35.0 Å². The Hall–Kier alpha value is -3.60. The van der Waals surface area contributed by atoms with Crippen molar-refractivity contribution in [1.29, 1.82) is 0 Å². The normalized spacial score (nSPS) is 11.7. The zero-order valence-corrected chi connectivity index (χ0v) is 21.0. The van der Waals surface area contributed by atoms with Gasteiger partial charge in [0.25, 0.3) is 10.7 Å². The van der Waals surface area contributed by atoms with Crippen molar-refractivity contribution in [3.63, 3.8) is 0 Å². The molecule has 0 saturated heterocycles. The predicted octanol–water partition coefficient (Wildman–Crippen LogP) is 5.28. The van der Waals surface area contributed by atoms with Crippen LogP contribution in [0.3, 0.4) is 0 Å². The molecule has 10 heteroatoms. The van der Waals surface area contributed by atoms with Crippen molar-refractivity contribution in [1.82, 2.24) is 0 Å². The summed E-state index contributed by atoms with van der Waals surface area (Å²) >= 11 is 1.67. The van der Waals surface area contributed by atoms with E-state index < -0.39 is 15.0 Å². The maximum absolute atomic E-state index is 10.9. The summed E-state index contributed by atoms with van der Waals surface area (Å²) in [7, 11) is -4.27. The Morgan fingerprint density at radius 2 is 1.77 bits per heavy atom. The van der Waals surface area contributed by atoms with Crippen LogP contribution >= 0.6 is 11.3 Å². The molecular weight excluding hydrogens is 488 g/mol. The zero-order chi connectivity index (χ0) is 25.8. The number of aryl methyl sites for hydroxylation is 2. The standard InChI is InChI=1S/C18H16N2O3S.C7H8O3S/c1-3-19-15-6-4-5-7-17(15)24-18(19)12(2)10-13-11-14(20(22)23)8-9-16(13)21;1-6-2-4-7(5-3-6)11(8,9)10/h4-11H,3H2,1-2H3;2-5H,1H3,(H,8,9,10). The summed E-state index contributed by atoms with van der Waals surface area (Å²) in [5, 5.41) is 22.0. The second-order valence-corrected chi connectivity index (χ2v) is 10.1. The Morgan fingerprint density at radius 1 is 1.11 bits per heavy atom. The third kappa shape index (κ3) is 6.30. The fraction of sp³-hybridized carbons (Fsp3) is 0.160. The van der Waals surface area contributed by atoms with Gasteiger partial charge in [-0.1, -0.05) is 41.2 Å². The highest BCUT2D eigenvalue weighted by Gasteiger charge is 2.20. The number of benzene rings is 3. The first-order chi connectivity index (χ1) is 16.5. The second-order valence-electron chi connectivity index (χ2n) is 7.71. The van der Waals surface area contributed by atoms with Crippen molar-refractivity contribution in [2.45, 2.75) is 32.2 Å². The maximum Gasteiger partial charge on any atom is 0.270 e. The molecule has 0 radical (unpaired) electrons. The quantitative estimate of drug-likeness (QED) is 0.168. The number of para-hydroxylation sites is 1. The molecule has 0 fully saturated rings. The van der Waals surface area contributed by atoms with Crippen LogP contribution in [0.15, 0.2) is 71.6 Å². The lowest BCUT2D eigenvalue weighted by Gasteiger charge is -2.05. The fourth-order valence-corrected chi connectivity index (χ4v) is 5.08. The number of hydrogen-bond acceptors (Lipinski definition) is 7. The van der Waals surface area contributed by atoms with E-state index in [-0.39, 0.29) is 16.3 Å². The fourth-order valence-electron chi connectivity index (χ4n) is 3.41. The SMILES string of the molecule is CC[n+]1c(/C(C)=C/c2cc([N+](=O)[O-])ccc2O)sc2ccccc21.Cc1ccc(S(=O)(=O)[O-])cc1. The maximum atomic E-state index is 10.9. The minimum Gasteiger partial charge on any atom is -0.744 e. The number of hydrogen-bond donors (Lipinski definition) is 1.